The van der Waals surface area contributed by atoms with Gasteiger partial charge in [-0.3, -0.25) is 9.78 Å². The average Bonchev–Trinajstić information content (AvgIpc) is 2.62. The van der Waals surface area contributed by atoms with Crippen molar-refractivity contribution in [3.8, 4) is 0 Å². The minimum Gasteiger partial charge on any atom is -0.320 e. The van der Waals surface area contributed by atoms with Gasteiger partial charge in [-0.15, -0.1) is 0 Å². The number of halogens is 1. The molecule has 0 bridgehead atoms. The molecular weight excluding hydrogens is 364 g/mol. The van der Waals surface area contributed by atoms with Crippen LogP contribution in [0.25, 0.3) is 21.7 Å². The molecule has 0 aliphatic heterocycles. The molecule has 0 saturated carbocycles. The number of hydrogen-bond donors (Lipinski definition) is 1. The fraction of sp³-hybridized carbons (Fsp3) is 0. The summed E-state index contributed by atoms with van der Waals surface area (Å²) in [6.07, 6.45) is 1.73. The second kappa shape index (κ2) is 6.06. The Labute approximate surface area is 147 Å². The highest BCUT2D eigenvalue weighted by Gasteiger charge is 2.12. The van der Waals surface area contributed by atoms with Crippen molar-refractivity contribution in [2.75, 3.05) is 5.32 Å². The molecule has 0 aliphatic carbocycles. The van der Waals surface area contributed by atoms with E-state index in [1.54, 1.807) is 6.20 Å². The number of nitrogens with zero attached hydrogens (tertiary/aromatic N) is 1. The number of carbonyl (C=O) groups excluding carboxylic acids is 1. The standard InChI is InChI=1S/C20H13BrN2O/c21-17-10-3-7-14-15(17)8-2-9-16(14)20(24)23-18-11-1-5-13-6-4-12-22-19(13)18/h1-12H,(H,23,24). The Morgan fingerprint density at radius 1 is 0.875 bits per heavy atom. The molecule has 1 N–H and O–H groups in total. The van der Waals surface area contributed by atoms with E-state index in [4.69, 9.17) is 0 Å². The van der Waals surface area contributed by atoms with Crippen molar-refractivity contribution < 1.29 is 4.79 Å². The van der Waals surface area contributed by atoms with Gasteiger partial charge in [-0.2, -0.15) is 0 Å². The largest absolute Gasteiger partial charge is 0.320 e. The minimum atomic E-state index is -0.142. The third-order valence-corrected chi connectivity index (χ3v) is 4.69. The first-order chi connectivity index (χ1) is 11.7. The summed E-state index contributed by atoms with van der Waals surface area (Å²) in [6, 6.07) is 21.2. The molecule has 116 valence electrons. The SMILES string of the molecule is O=C(Nc1cccc2cccnc12)c1cccc2c(Br)cccc12. The molecule has 0 unspecified atom stereocenters. The maximum absolute atomic E-state index is 12.8. The second-order valence-electron chi connectivity index (χ2n) is 5.48. The molecule has 24 heavy (non-hydrogen) atoms. The number of rotatable bonds is 2. The van der Waals surface area contributed by atoms with E-state index >= 15 is 0 Å². The lowest BCUT2D eigenvalue weighted by molar-refractivity contribution is 0.102. The second-order valence-corrected chi connectivity index (χ2v) is 6.33. The molecule has 0 saturated heterocycles. The van der Waals surface area contributed by atoms with Gasteiger partial charge in [0.05, 0.1) is 11.2 Å². The van der Waals surface area contributed by atoms with Crippen molar-refractivity contribution in [3.05, 3.63) is 83.0 Å². The predicted octanol–water partition coefficient (Wildman–Crippen LogP) is 5.40. The molecule has 3 nitrogen and oxygen atoms in total. The lowest BCUT2D eigenvalue weighted by Gasteiger charge is -2.10. The molecule has 4 aromatic rings. The summed E-state index contributed by atoms with van der Waals surface area (Å²) in [4.78, 5) is 17.2. The lowest BCUT2D eigenvalue weighted by atomic mass is 10.0. The fourth-order valence-corrected chi connectivity index (χ4v) is 3.36. The van der Waals surface area contributed by atoms with Crippen molar-refractivity contribution in [1.82, 2.24) is 4.98 Å². The normalized spacial score (nSPS) is 10.9. The van der Waals surface area contributed by atoms with E-state index < -0.39 is 0 Å². The molecule has 4 rings (SSSR count). The number of fused-ring (bicyclic) bond motifs is 2. The van der Waals surface area contributed by atoms with Gasteiger partial charge in [0.2, 0.25) is 0 Å². The smallest absolute Gasteiger partial charge is 0.256 e. The summed E-state index contributed by atoms with van der Waals surface area (Å²) in [5.74, 6) is -0.142. The molecular formula is C20H13BrN2O. The van der Waals surface area contributed by atoms with Gasteiger partial charge in [0.25, 0.3) is 5.91 Å². The van der Waals surface area contributed by atoms with Crippen LogP contribution < -0.4 is 5.32 Å². The topological polar surface area (TPSA) is 42.0 Å². The van der Waals surface area contributed by atoms with E-state index in [-0.39, 0.29) is 5.91 Å². The zero-order valence-electron chi connectivity index (χ0n) is 12.7. The Morgan fingerprint density at radius 3 is 2.54 bits per heavy atom. The summed E-state index contributed by atoms with van der Waals surface area (Å²) >= 11 is 3.54. The van der Waals surface area contributed by atoms with Crippen molar-refractivity contribution in [2.24, 2.45) is 0 Å². The summed E-state index contributed by atoms with van der Waals surface area (Å²) in [5.41, 5.74) is 2.14. The van der Waals surface area contributed by atoms with Crippen LogP contribution in [0, 0.1) is 0 Å². The molecule has 0 aliphatic rings. The maximum atomic E-state index is 12.8. The highest BCUT2D eigenvalue weighted by Crippen LogP contribution is 2.27. The van der Waals surface area contributed by atoms with Crippen LogP contribution in [0.3, 0.4) is 0 Å². The van der Waals surface area contributed by atoms with Gasteiger partial charge < -0.3 is 5.32 Å². The van der Waals surface area contributed by atoms with Crippen LogP contribution >= 0.6 is 15.9 Å². The van der Waals surface area contributed by atoms with Crippen molar-refractivity contribution in [2.45, 2.75) is 0 Å². The summed E-state index contributed by atoms with van der Waals surface area (Å²) in [6.45, 7) is 0. The molecule has 1 amide bonds. The third kappa shape index (κ3) is 2.55. The van der Waals surface area contributed by atoms with Crippen LogP contribution in [-0.4, -0.2) is 10.9 Å². The fourth-order valence-electron chi connectivity index (χ4n) is 2.86. The first-order valence-electron chi connectivity index (χ1n) is 7.56. The zero-order chi connectivity index (χ0) is 16.5. The van der Waals surface area contributed by atoms with Crippen LogP contribution in [0.4, 0.5) is 5.69 Å². The highest BCUT2D eigenvalue weighted by atomic mass is 79.9. The average molecular weight is 377 g/mol. The Balaban J connectivity index is 1.79. The number of aromatic nitrogens is 1. The van der Waals surface area contributed by atoms with E-state index in [0.29, 0.717) is 11.3 Å². The predicted molar refractivity (Wildman–Crippen MR) is 101 cm³/mol. The van der Waals surface area contributed by atoms with Gasteiger partial charge in [-0.1, -0.05) is 58.4 Å². The summed E-state index contributed by atoms with van der Waals surface area (Å²) < 4.78 is 0.974. The number of amides is 1. The quantitative estimate of drug-likeness (QED) is 0.508. The molecule has 1 heterocycles. The maximum Gasteiger partial charge on any atom is 0.256 e. The van der Waals surface area contributed by atoms with Gasteiger partial charge in [-0.05, 0) is 35.0 Å². The number of para-hydroxylation sites is 1. The first-order valence-corrected chi connectivity index (χ1v) is 8.36. The minimum absolute atomic E-state index is 0.142. The Kier molecular flexibility index (Phi) is 3.75. The van der Waals surface area contributed by atoms with Gasteiger partial charge in [0.15, 0.2) is 0 Å². The molecule has 0 fully saturated rings. The van der Waals surface area contributed by atoms with E-state index in [1.165, 1.54) is 0 Å². The molecule has 1 aromatic heterocycles. The van der Waals surface area contributed by atoms with Crippen molar-refractivity contribution in [3.63, 3.8) is 0 Å². The van der Waals surface area contributed by atoms with Gasteiger partial charge in [-0.25, -0.2) is 0 Å². The number of nitrogens with one attached hydrogen (secondary N) is 1. The monoisotopic (exact) mass is 376 g/mol. The van der Waals surface area contributed by atoms with Crippen LogP contribution in [0.15, 0.2) is 77.4 Å². The van der Waals surface area contributed by atoms with Crippen molar-refractivity contribution >= 4 is 49.2 Å². The van der Waals surface area contributed by atoms with E-state index in [9.17, 15) is 4.79 Å². The zero-order valence-corrected chi connectivity index (χ0v) is 14.2. The van der Waals surface area contributed by atoms with Crippen LogP contribution in [0.5, 0.6) is 0 Å². The van der Waals surface area contributed by atoms with E-state index in [0.717, 1.165) is 26.1 Å². The Bertz CT molecular complexity index is 1070. The van der Waals surface area contributed by atoms with Crippen LogP contribution in [0.1, 0.15) is 10.4 Å². The molecule has 0 radical (unpaired) electrons. The summed E-state index contributed by atoms with van der Waals surface area (Å²) in [5, 5.41) is 5.92. The number of anilines is 1. The number of hydrogen-bond acceptors (Lipinski definition) is 2. The lowest BCUT2D eigenvalue weighted by Crippen LogP contribution is -2.12. The molecule has 4 heteroatoms. The number of pyridine rings is 1. The van der Waals surface area contributed by atoms with Gasteiger partial charge in [0.1, 0.15) is 0 Å². The Hall–Kier alpha value is -2.72. The summed E-state index contributed by atoms with van der Waals surface area (Å²) in [7, 11) is 0. The first kappa shape index (κ1) is 14.8. The molecule has 0 atom stereocenters. The Morgan fingerprint density at radius 2 is 1.62 bits per heavy atom. The van der Waals surface area contributed by atoms with Gasteiger partial charge >= 0.3 is 0 Å². The van der Waals surface area contributed by atoms with E-state index in [2.05, 4.69) is 26.2 Å². The van der Waals surface area contributed by atoms with Crippen molar-refractivity contribution in [1.29, 1.82) is 0 Å². The van der Waals surface area contributed by atoms with Crippen LogP contribution in [-0.2, 0) is 0 Å². The number of benzene rings is 3. The molecule has 3 aromatic carbocycles. The van der Waals surface area contributed by atoms with E-state index in [1.807, 2.05) is 66.7 Å². The molecule has 0 spiro atoms. The third-order valence-electron chi connectivity index (χ3n) is 3.99. The van der Waals surface area contributed by atoms with Gasteiger partial charge in [0, 0.05) is 21.6 Å². The van der Waals surface area contributed by atoms with Crippen LogP contribution in [0.2, 0.25) is 0 Å². The highest BCUT2D eigenvalue weighted by molar-refractivity contribution is 9.10. The number of carbonyl (C=O) groups is 1.